The molecule has 41 heavy (non-hydrogen) atoms. The molecule has 2 aromatic carbocycles. The number of nitrogens with one attached hydrogen (secondary N) is 1. The van der Waals surface area contributed by atoms with Gasteiger partial charge < -0.3 is 10.2 Å². The lowest BCUT2D eigenvalue weighted by molar-refractivity contribution is 0.529. The van der Waals surface area contributed by atoms with Crippen LogP contribution in [0.25, 0.3) is 0 Å². The molecule has 0 aliphatic heterocycles. The molecule has 0 atom stereocenters. The van der Waals surface area contributed by atoms with E-state index in [1.807, 2.05) is 0 Å². The van der Waals surface area contributed by atoms with Crippen molar-refractivity contribution in [2.75, 3.05) is 30.4 Å². The summed E-state index contributed by atoms with van der Waals surface area (Å²) in [5.74, 6) is 1.12. The molecule has 226 valence electrons. The Morgan fingerprint density at radius 3 is 1.61 bits per heavy atom. The van der Waals surface area contributed by atoms with Gasteiger partial charge >= 0.3 is 0 Å². The van der Waals surface area contributed by atoms with Crippen molar-refractivity contribution < 1.29 is 0 Å². The summed E-state index contributed by atoms with van der Waals surface area (Å²) in [6.45, 7) is 4.19. The van der Waals surface area contributed by atoms with E-state index in [1.165, 1.54) is 125 Å². The smallest absolute Gasteiger partial charge is 0.236 e. The van der Waals surface area contributed by atoms with Crippen LogP contribution in [0, 0.1) is 0 Å². The first-order chi connectivity index (χ1) is 20.3. The van der Waals surface area contributed by atoms with Gasteiger partial charge in [0.15, 0.2) is 0 Å². The summed E-state index contributed by atoms with van der Waals surface area (Å²) in [5, 5.41) is 4.49. The molecule has 0 fully saturated rings. The first-order valence-electron chi connectivity index (χ1n) is 16.7. The second-order valence-electron chi connectivity index (χ2n) is 11.7. The third-order valence-electron chi connectivity index (χ3n) is 8.21. The fraction of sp³-hybridized carbons (Fsp3) is 0.611. The first-order valence-corrected chi connectivity index (χ1v) is 17.4. The van der Waals surface area contributed by atoms with Crippen molar-refractivity contribution in [2.45, 2.75) is 122 Å². The molecule has 1 aromatic heterocycles. The van der Waals surface area contributed by atoms with E-state index in [0.29, 0.717) is 5.92 Å². The third-order valence-corrected chi connectivity index (χ3v) is 9.04. The Morgan fingerprint density at radius 2 is 1.12 bits per heavy atom. The molecule has 5 heteroatoms. The van der Waals surface area contributed by atoms with Gasteiger partial charge in [0.2, 0.25) is 11.1 Å². The lowest BCUT2D eigenvalue weighted by Crippen LogP contribution is -2.18. The molecule has 0 bridgehead atoms. The third kappa shape index (κ3) is 13.9. The Labute approximate surface area is 255 Å². The van der Waals surface area contributed by atoms with Crippen LogP contribution < -0.4 is 10.2 Å². The summed E-state index contributed by atoms with van der Waals surface area (Å²) < 4.78 is 4.58. The van der Waals surface area contributed by atoms with Gasteiger partial charge in [0.25, 0.3) is 0 Å². The maximum Gasteiger partial charge on any atom is 0.236 e. The SMILES string of the molecule is CCCCCCCCCCCCCCCCCCN(C)c1nc(NCCC(c2ccccc2)c2ccccc2)ns1. The van der Waals surface area contributed by atoms with Crippen LogP contribution in [0.5, 0.6) is 0 Å². The Hall–Kier alpha value is -2.40. The number of nitrogens with zero attached hydrogens (tertiary/aromatic N) is 3. The average Bonchev–Trinajstić information content (AvgIpc) is 3.49. The average molecular weight is 577 g/mol. The fourth-order valence-electron chi connectivity index (χ4n) is 5.66. The molecule has 3 rings (SSSR count). The molecular formula is C36H56N4S. The van der Waals surface area contributed by atoms with Gasteiger partial charge in [-0.1, -0.05) is 164 Å². The number of anilines is 2. The maximum atomic E-state index is 4.77. The summed E-state index contributed by atoms with van der Waals surface area (Å²) in [7, 11) is 2.15. The lowest BCUT2D eigenvalue weighted by Gasteiger charge is -2.18. The lowest BCUT2D eigenvalue weighted by atomic mass is 9.88. The quantitative estimate of drug-likeness (QED) is 0.108. The van der Waals surface area contributed by atoms with Crippen molar-refractivity contribution in [2.24, 2.45) is 0 Å². The molecule has 1 heterocycles. The molecule has 3 aromatic rings. The standard InChI is InChI=1S/C36H56N4S/c1-3-4-5-6-7-8-9-10-11-12-13-14-15-16-17-24-31-40(2)36-38-35(39-41-36)37-30-29-34(32-25-20-18-21-26-32)33-27-22-19-23-28-33/h18-23,25-28,34H,3-17,24,29-31H2,1-2H3,(H,37,39). The zero-order chi connectivity index (χ0) is 28.8. The van der Waals surface area contributed by atoms with Gasteiger partial charge in [-0.05, 0) is 24.0 Å². The largest absolute Gasteiger partial charge is 0.353 e. The molecule has 0 unspecified atom stereocenters. The van der Waals surface area contributed by atoms with Gasteiger partial charge in [-0.15, -0.1) is 0 Å². The second-order valence-corrected chi connectivity index (χ2v) is 12.4. The minimum atomic E-state index is 0.362. The van der Waals surface area contributed by atoms with Crippen LogP contribution in [0.3, 0.4) is 0 Å². The number of hydrogen-bond acceptors (Lipinski definition) is 5. The van der Waals surface area contributed by atoms with E-state index in [0.717, 1.165) is 30.6 Å². The van der Waals surface area contributed by atoms with Crippen LogP contribution in [0.15, 0.2) is 60.7 Å². The van der Waals surface area contributed by atoms with Crippen LogP contribution in [-0.2, 0) is 0 Å². The van der Waals surface area contributed by atoms with Gasteiger partial charge in [0, 0.05) is 37.6 Å². The Bertz CT molecular complexity index is 967. The van der Waals surface area contributed by atoms with Crippen molar-refractivity contribution in [1.82, 2.24) is 9.36 Å². The van der Waals surface area contributed by atoms with Gasteiger partial charge in [0.1, 0.15) is 0 Å². The van der Waals surface area contributed by atoms with Crippen molar-refractivity contribution in [1.29, 1.82) is 0 Å². The van der Waals surface area contributed by atoms with Crippen molar-refractivity contribution in [3.8, 4) is 0 Å². The summed E-state index contributed by atoms with van der Waals surface area (Å²) in [6.07, 6.45) is 23.5. The van der Waals surface area contributed by atoms with E-state index < -0.39 is 0 Å². The van der Waals surface area contributed by atoms with Gasteiger partial charge in [0.05, 0.1) is 0 Å². The molecule has 1 N–H and O–H groups in total. The number of rotatable bonds is 24. The monoisotopic (exact) mass is 576 g/mol. The highest BCUT2D eigenvalue weighted by atomic mass is 32.1. The van der Waals surface area contributed by atoms with E-state index in [4.69, 9.17) is 4.98 Å². The minimum absolute atomic E-state index is 0.362. The topological polar surface area (TPSA) is 41.1 Å². The van der Waals surface area contributed by atoms with Crippen molar-refractivity contribution in [3.05, 3.63) is 71.8 Å². The number of benzene rings is 2. The zero-order valence-corrected chi connectivity index (χ0v) is 26.9. The van der Waals surface area contributed by atoms with E-state index in [2.05, 4.69) is 89.2 Å². The minimum Gasteiger partial charge on any atom is -0.353 e. The van der Waals surface area contributed by atoms with Crippen LogP contribution >= 0.6 is 11.5 Å². The van der Waals surface area contributed by atoms with Gasteiger partial charge in [-0.25, -0.2) is 0 Å². The fourth-order valence-corrected chi connectivity index (χ4v) is 6.29. The van der Waals surface area contributed by atoms with Crippen molar-refractivity contribution in [3.63, 3.8) is 0 Å². The van der Waals surface area contributed by atoms with Crippen LogP contribution in [0.1, 0.15) is 133 Å². The maximum absolute atomic E-state index is 4.77. The molecular weight excluding hydrogens is 520 g/mol. The van der Waals surface area contributed by atoms with Crippen LogP contribution in [-0.4, -0.2) is 29.5 Å². The highest BCUT2D eigenvalue weighted by Crippen LogP contribution is 2.28. The Morgan fingerprint density at radius 1 is 0.659 bits per heavy atom. The highest BCUT2D eigenvalue weighted by molar-refractivity contribution is 7.09. The van der Waals surface area contributed by atoms with Gasteiger partial charge in [-0.2, -0.15) is 9.36 Å². The van der Waals surface area contributed by atoms with Crippen LogP contribution in [0.4, 0.5) is 11.1 Å². The highest BCUT2D eigenvalue weighted by Gasteiger charge is 2.14. The number of unbranched alkanes of at least 4 members (excludes halogenated alkanes) is 15. The predicted molar refractivity (Wildman–Crippen MR) is 181 cm³/mol. The molecule has 0 amide bonds. The van der Waals surface area contributed by atoms with E-state index in [1.54, 1.807) is 0 Å². The predicted octanol–water partition coefficient (Wildman–Crippen LogP) is 10.9. The second kappa shape index (κ2) is 21.3. The van der Waals surface area contributed by atoms with Crippen LogP contribution in [0.2, 0.25) is 0 Å². The summed E-state index contributed by atoms with van der Waals surface area (Å²) >= 11 is 1.50. The molecule has 0 saturated carbocycles. The number of hydrogen-bond donors (Lipinski definition) is 1. The molecule has 0 saturated heterocycles. The van der Waals surface area contributed by atoms with E-state index in [9.17, 15) is 0 Å². The van der Waals surface area contributed by atoms with Gasteiger partial charge in [-0.3, -0.25) is 0 Å². The molecule has 0 radical (unpaired) electrons. The first kappa shape index (κ1) is 33.1. The normalized spacial score (nSPS) is 11.3. The molecule has 0 spiro atoms. The summed E-state index contributed by atoms with van der Waals surface area (Å²) in [6, 6.07) is 21.6. The summed E-state index contributed by atoms with van der Waals surface area (Å²) in [4.78, 5) is 7.03. The zero-order valence-electron chi connectivity index (χ0n) is 26.0. The van der Waals surface area contributed by atoms with E-state index in [-0.39, 0.29) is 0 Å². The molecule has 0 aliphatic rings. The molecule has 4 nitrogen and oxygen atoms in total. The van der Waals surface area contributed by atoms with E-state index >= 15 is 0 Å². The van der Waals surface area contributed by atoms with Crippen molar-refractivity contribution >= 4 is 22.6 Å². The summed E-state index contributed by atoms with van der Waals surface area (Å²) in [5.41, 5.74) is 2.71. The molecule has 0 aliphatic carbocycles. The Balaban J connectivity index is 1.21. The number of aromatic nitrogens is 2. The Kier molecular flexibility index (Phi) is 17.2.